The van der Waals surface area contributed by atoms with Crippen LogP contribution in [0.25, 0.3) is 11.1 Å². The highest BCUT2D eigenvalue weighted by Gasteiger charge is 2.27. The molecule has 0 aliphatic rings. The Morgan fingerprint density at radius 1 is 0.591 bits per heavy atom. The number of thioether (sulfide) groups is 1. The molecule has 0 amide bonds. The fraction of sp³-hybridized carbons (Fsp3) is 0.500. The van der Waals surface area contributed by atoms with Crippen molar-refractivity contribution in [2.75, 3.05) is 6.61 Å². The minimum absolute atomic E-state index is 0.473. The molecular formula is C40H52F2OS. The standard InChI is InChI=1S/C40H52F2OS/c1-3-4-5-6-7-8-9-10-11-12-13-14-15-16-17-18-33-43-38-27-25-37(26-28-38)36-23-21-35(22-24-36)31-32-40(41,42)44-39-29-19-34(2)20-30-39/h19-30H,3-18,33H2,1-2H3. The number of benzene rings is 3. The number of ether oxygens (including phenoxy) is 1. The van der Waals surface area contributed by atoms with Crippen molar-refractivity contribution in [3.8, 4) is 28.7 Å². The van der Waals surface area contributed by atoms with Gasteiger partial charge in [0.05, 0.1) is 6.61 Å². The predicted octanol–water partition coefficient (Wildman–Crippen LogP) is 13.0. The van der Waals surface area contributed by atoms with E-state index >= 15 is 0 Å². The molecule has 0 aliphatic carbocycles. The average Bonchev–Trinajstić information content (AvgIpc) is 3.03. The molecule has 0 heterocycles. The molecule has 44 heavy (non-hydrogen) atoms. The van der Waals surface area contributed by atoms with Gasteiger partial charge in [-0.05, 0) is 78.6 Å². The van der Waals surface area contributed by atoms with E-state index in [9.17, 15) is 8.78 Å². The zero-order valence-electron chi connectivity index (χ0n) is 27.0. The molecule has 0 bridgehead atoms. The van der Waals surface area contributed by atoms with Crippen molar-refractivity contribution in [1.29, 1.82) is 0 Å². The summed E-state index contributed by atoms with van der Waals surface area (Å²) in [5, 5.41) is -3.16. The first-order valence-corrected chi connectivity index (χ1v) is 17.8. The summed E-state index contributed by atoms with van der Waals surface area (Å²) in [6.45, 7) is 4.96. The fourth-order valence-corrected chi connectivity index (χ4v) is 5.92. The smallest absolute Gasteiger partial charge is 0.361 e. The Balaban J connectivity index is 1.24. The molecule has 1 nitrogen and oxygen atoms in total. The summed E-state index contributed by atoms with van der Waals surface area (Å²) in [5.74, 6) is 5.63. The van der Waals surface area contributed by atoms with Crippen LogP contribution >= 0.6 is 11.8 Å². The van der Waals surface area contributed by atoms with Gasteiger partial charge in [-0.25, -0.2) is 0 Å². The number of hydrogen-bond acceptors (Lipinski definition) is 2. The Morgan fingerprint density at radius 3 is 1.55 bits per heavy atom. The van der Waals surface area contributed by atoms with Gasteiger partial charge in [0.1, 0.15) is 5.75 Å². The first-order valence-electron chi connectivity index (χ1n) is 17.0. The monoisotopic (exact) mass is 618 g/mol. The van der Waals surface area contributed by atoms with Gasteiger partial charge < -0.3 is 4.74 Å². The van der Waals surface area contributed by atoms with Crippen LogP contribution in [0.3, 0.4) is 0 Å². The van der Waals surface area contributed by atoms with E-state index in [1.54, 1.807) is 24.3 Å². The first-order chi connectivity index (χ1) is 21.4. The maximum Gasteiger partial charge on any atom is 0.361 e. The van der Waals surface area contributed by atoms with Crippen molar-refractivity contribution in [2.45, 2.75) is 127 Å². The normalized spacial score (nSPS) is 11.3. The Morgan fingerprint density at radius 2 is 1.05 bits per heavy atom. The Bertz CT molecular complexity index is 1220. The molecule has 238 valence electrons. The van der Waals surface area contributed by atoms with Gasteiger partial charge in [-0.3, -0.25) is 0 Å². The largest absolute Gasteiger partial charge is 0.494 e. The summed E-state index contributed by atoms with van der Waals surface area (Å²) in [7, 11) is 0. The van der Waals surface area contributed by atoms with E-state index in [2.05, 4.69) is 18.8 Å². The number of aryl methyl sites for hydroxylation is 1. The topological polar surface area (TPSA) is 9.23 Å². The zero-order chi connectivity index (χ0) is 31.3. The van der Waals surface area contributed by atoms with Crippen LogP contribution in [0.4, 0.5) is 8.78 Å². The SMILES string of the molecule is CCCCCCCCCCCCCCCCCCOc1ccc(-c2ccc(C#CC(F)(F)Sc3ccc(C)cc3)cc2)cc1. The molecule has 0 radical (unpaired) electrons. The molecule has 0 unspecified atom stereocenters. The van der Waals surface area contributed by atoms with Crippen LogP contribution in [0.1, 0.15) is 121 Å². The van der Waals surface area contributed by atoms with E-state index in [0.29, 0.717) is 22.2 Å². The summed E-state index contributed by atoms with van der Waals surface area (Å²) in [5.41, 5.74) is 3.67. The van der Waals surface area contributed by atoms with Gasteiger partial charge in [-0.2, -0.15) is 8.78 Å². The molecule has 4 heteroatoms. The minimum atomic E-state index is -3.16. The van der Waals surface area contributed by atoms with Gasteiger partial charge in [0.2, 0.25) is 0 Å². The number of halogens is 2. The predicted molar refractivity (Wildman–Crippen MR) is 186 cm³/mol. The fourth-order valence-electron chi connectivity index (χ4n) is 5.25. The van der Waals surface area contributed by atoms with Crippen LogP contribution in [-0.4, -0.2) is 11.9 Å². The quantitative estimate of drug-likeness (QED) is 0.0667. The van der Waals surface area contributed by atoms with E-state index in [1.165, 1.54) is 96.3 Å². The van der Waals surface area contributed by atoms with Crippen LogP contribution in [0.2, 0.25) is 0 Å². The molecule has 0 atom stereocenters. The molecule has 0 fully saturated rings. The molecule has 3 aromatic rings. The Labute approximate surface area is 270 Å². The lowest BCUT2D eigenvalue weighted by molar-refractivity contribution is 0.174. The Kier molecular flexibility index (Phi) is 17.1. The molecular weight excluding hydrogens is 567 g/mol. The second kappa shape index (κ2) is 21.1. The van der Waals surface area contributed by atoms with Crippen LogP contribution in [-0.2, 0) is 0 Å². The third-order valence-corrected chi connectivity index (χ3v) is 8.82. The maximum absolute atomic E-state index is 14.3. The highest BCUT2D eigenvalue weighted by atomic mass is 32.2. The summed E-state index contributed by atoms with van der Waals surface area (Å²) in [6, 6.07) is 22.5. The Hall–Kier alpha value is -2.77. The van der Waals surface area contributed by atoms with Crippen LogP contribution in [0.15, 0.2) is 77.7 Å². The van der Waals surface area contributed by atoms with E-state index < -0.39 is 5.25 Å². The van der Waals surface area contributed by atoms with Crippen molar-refractivity contribution in [3.05, 3.63) is 83.9 Å². The lowest BCUT2D eigenvalue weighted by atomic mass is 10.0. The molecule has 3 rings (SSSR count). The third-order valence-electron chi connectivity index (χ3n) is 7.96. The van der Waals surface area contributed by atoms with Crippen LogP contribution in [0.5, 0.6) is 5.75 Å². The molecule has 0 aliphatic heterocycles. The van der Waals surface area contributed by atoms with Gasteiger partial charge in [-0.15, -0.1) is 0 Å². The summed E-state index contributed by atoms with van der Waals surface area (Å²) in [4.78, 5) is 0.502. The lowest BCUT2D eigenvalue weighted by Gasteiger charge is -2.09. The van der Waals surface area contributed by atoms with Crippen molar-refractivity contribution in [3.63, 3.8) is 0 Å². The molecule has 0 saturated heterocycles. The number of alkyl halides is 2. The third kappa shape index (κ3) is 15.3. The molecule has 0 saturated carbocycles. The molecule has 3 aromatic carbocycles. The van der Waals surface area contributed by atoms with Crippen molar-refractivity contribution in [1.82, 2.24) is 0 Å². The van der Waals surface area contributed by atoms with Crippen molar-refractivity contribution < 1.29 is 13.5 Å². The summed E-state index contributed by atoms with van der Waals surface area (Å²) >= 11 is 0.473. The lowest BCUT2D eigenvalue weighted by Crippen LogP contribution is -2.06. The van der Waals surface area contributed by atoms with Gasteiger partial charge in [0.25, 0.3) is 0 Å². The molecule has 0 N–H and O–H groups in total. The second-order valence-corrected chi connectivity index (χ2v) is 13.1. The number of unbranched alkanes of at least 4 members (excludes halogenated alkanes) is 15. The maximum atomic E-state index is 14.3. The molecule has 0 aromatic heterocycles. The van der Waals surface area contributed by atoms with Crippen molar-refractivity contribution in [2.24, 2.45) is 0 Å². The van der Waals surface area contributed by atoms with E-state index in [-0.39, 0.29) is 0 Å². The van der Waals surface area contributed by atoms with Crippen LogP contribution < -0.4 is 4.74 Å². The summed E-state index contributed by atoms with van der Waals surface area (Å²) < 4.78 is 34.6. The minimum Gasteiger partial charge on any atom is -0.494 e. The molecule has 0 spiro atoms. The van der Waals surface area contributed by atoms with Gasteiger partial charge in [-0.1, -0.05) is 151 Å². The second-order valence-electron chi connectivity index (χ2n) is 11.9. The van der Waals surface area contributed by atoms with E-state index in [0.717, 1.165) is 35.5 Å². The summed E-state index contributed by atoms with van der Waals surface area (Å²) in [6.07, 6.45) is 21.8. The highest BCUT2D eigenvalue weighted by molar-refractivity contribution is 8.00. The number of rotatable bonds is 21. The number of hydrogen-bond donors (Lipinski definition) is 0. The average molecular weight is 619 g/mol. The zero-order valence-corrected chi connectivity index (χ0v) is 27.8. The van der Waals surface area contributed by atoms with Gasteiger partial charge in [0.15, 0.2) is 0 Å². The van der Waals surface area contributed by atoms with Crippen molar-refractivity contribution >= 4 is 11.8 Å². The van der Waals surface area contributed by atoms with Gasteiger partial charge >= 0.3 is 5.25 Å². The highest BCUT2D eigenvalue weighted by Crippen LogP contribution is 2.35. The first kappa shape index (κ1) is 35.7. The van der Waals surface area contributed by atoms with E-state index in [4.69, 9.17) is 4.74 Å². The van der Waals surface area contributed by atoms with Gasteiger partial charge in [0, 0.05) is 10.5 Å². The van der Waals surface area contributed by atoms with E-state index in [1.807, 2.05) is 55.5 Å². The van der Waals surface area contributed by atoms with Crippen LogP contribution in [0, 0.1) is 18.8 Å².